The smallest absolute Gasteiger partial charge is 0.202 e. The molecule has 1 aromatic rings. The van der Waals surface area contributed by atoms with Crippen LogP contribution in [0.2, 0.25) is 0 Å². The zero-order chi connectivity index (χ0) is 10.7. The molecule has 1 aliphatic heterocycles. The van der Waals surface area contributed by atoms with Gasteiger partial charge in [0.1, 0.15) is 6.33 Å². The molecule has 0 spiro atoms. The molecule has 1 unspecified atom stereocenters. The van der Waals surface area contributed by atoms with Crippen LogP contribution < -0.4 is 0 Å². The van der Waals surface area contributed by atoms with Crippen molar-refractivity contribution in [1.29, 1.82) is 0 Å². The van der Waals surface area contributed by atoms with E-state index in [9.17, 15) is 4.79 Å². The maximum Gasteiger partial charge on any atom is 0.202 e. The third-order valence-electron chi connectivity index (χ3n) is 2.65. The second kappa shape index (κ2) is 4.53. The molecule has 2 rings (SSSR count). The van der Waals surface area contributed by atoms with Crippen molar-refractivity contribution in [2.45, 2.75) is 31.8 Å². The highest BCUT2D eigenvalue weighted by Gasteiger charge is 2.20. The summed E-state index contributed by atoms with van der Waals surface area (Å²) in [5.41, 5.74) is 0. The van der Waals surface area contributed by atoms with Crippen LogP contribution in [0.3, 0.4) is 0 Å². The van der Waals surface area contributed by atoms with Crippen LogP contribution in [0.5, 0.6) is 0 Å². The highest BCUT2D eigenvalue weighted by atomic mass is 16.5. The van der Waals surface area contributed by atoms with Crippen LogP contribution in [-0.4, -0.2) is 33.3 Å². The molecule has 1 aliphatic rings. The molecule has 0 aliphatic carbocycles. The van der Waals surface area contributed by atoms with Gasteiger partial charge in [-0.1, -0.05) is 0 Å². The average molecular weight is 209 g/mol. The van der Waals surface area contributed by atoms with Gasteiger partial charge in [-0.2, -0.15) is 5.10 Å². The summed E-state index contributed by atoms with van der Waals surface area (Å²) in [7, 11) is 1.72. The molecule has 0 bridgehead atoms. The molecule has 0 radical (unpaired) electrons. The molecule has 2 heterocycles. The molecular formula is C10H15N3O2. The van der Waals surface area contributed by atoms with Crippen LogP contribution in [0.25, 0.3) is 0 Å². The van der Waals surface area contributed by atoms with Crippen molar-refractivity contribution >= 4 is 5.78 Å². The van der Waals surface area contributed by atoms with Crippen LogP contribution in [0.1, 0.15) is 36.3 Å². The van der Waals surface area contributed by atoms with Gasteiger partial charge in [-0.05, 0) is 19.3 Å². The van der Waals surface area contributed by atoms with Crippen molar-refractivity contribution < 1.29 is 9.53 Å². The van der Waals surface area contributed by atoms with Crippen molar-refractivity contribution in [2.24, 2.45) is 7.05 Å². The van der Waals surface area contributed by atoms with E-state index in [1.54, 1.807) is 7.05 Å². The lowest BCUT2D eigenvalue weighted by molar-refractivity contribution is 0.0126. The third-order valence-corrected chi connectivity index (χ3v) is 2.65. The van der Waals surface area contributed by atoms with Gasteiger partial charge < -0.3 is 4.74 Å². The Morgan fingerprint density at radius 1 is 1.67 bits per heavy atom. The van der Waals surface area contributed by atoms with E-state index in [1.807, 2.05) is 0 Å². The summed E-state index contributed by atoms with van der Waals surface area (Å²) in [6.45, 7) is 0.775. The Kier molecular flexibility index (Phi) is 3.11. The first kappa shape index (κ1) is 10.3. The molecule has 15 heavy (non-hydrogen) atoms. The van der Waals surface area contributed by atoms with Gasteiger partial charge in [0.2, 0.25) is 5.78 Å². The minimum absolute atomic E-state index is 0.0156. The highest BCUT2D eigenvalue weighted by Crippen LogP contribution is 2.17. The van der Waals surface area contributed by atoms with E-state index in [0.29, 0.717) is 12.2 Å². The highest BCUT2D eigenvalue weighted by molar-refractivity contribution is 5.92. The molecule has 5 nitrogen and oxygen atoms in total. The minimum atomic E-state index is 0.0156. The Balaban J connectivity index is 1.94. The first-order valence-electron chi connectivity index (χ1n) is 5.26. The fraction of sp³-hybridized carbons (Fsp3) is 0.700. The van der Waals surface area contributed by atoms with Gasteiger partial charge in [-0.3, -0.25) is 4.79 Å². The van der Waals surface area contributed by atoms with Gasteiger partial charge in [0, 0.05) is 20.1 Å². The van der Waals surface area contributed by atoms with Gasteiger partial charge >= 0.3 is 0 Å². The fourth-order valence-electron chi connectivity index (χ4n) is 1.82. The van der Waals surface area contributed by atoms with Crippen LogP contribution >= 0.6 is 0 Å². The molecule has 5 heteroatoms. The molecule has 1 aromatic heterocycles. The molecule has 1 fully saturated rings. The van der Waals surface area contributed by atoms with Crippen LogP contribution in [0.4, 0.5) is 0 Å². The number of Topliss-reactive ketones (excluding diaryl/α,β-unsaturated/α-hetero) is 1. The summed E-state index contributed by atoms with van der Waals surface area (Å²) >= 11 is 0. The van der Waals surface area contributed by atoms with Crippen molar-refractivity contribution in [3.8, 4) is 0 Å². The number of hydrogen-bond donors (Lipinski definition) is 0. The number of nitrogens with zero attached hydrogens (tertiary/aromatic N) is 3. The molecule has 0 saturated carbocycles. The first-order valence-corrected chi connectivity index (χ1v) is 5.26. The normalized spacial score (nSPS) is 21.5. The lowest BCUT2D eigenvalue weighted by Crippen LogP contribution is -2.23. The Bertz CT molecular complexity index is 342. The topological polar surface area (TPSA) is 57.0 Å². The van der Waals surface area contributed by atoms with Crippen LogP contribution in [-0.2, 0) is 11.8 Å². The molecular weight excluding hydrogens is 194 g/mol. The molecule has 1 atom stereocenters. The van der Waals surface area contributed by atoms with E-state index in [-0.39, 0.29) is 11.9 Å². The second-order valence-electron chi connectivity index (χ2n) is 3.82. The van der Waals surface area contributed by atoms with E-state index in [0.717, 1.165) is 25.9 Å². The number of ether oxygens (including phenoxy) is 1. The average Bonchev–Trinajstić information content (AvgIpc) is 2.66. The van der Waals surface area contributed by atoms with Crippen molar-refractivity contribution in [3.63, 3.8) is 0 Å². The van der Waals surface area contributed by atoms with E-state index >= 15 is 0 Å². The Hall–Kier alpha value is -1.23. The molecule has 1 saturated heterocycles. The first-order chi connectivity index (χ1) is 7.27. The maximum atomic E-state index is 11.8. The maximum absolute atomic E-state index is 11.8. The van der Waals surface area contributed by atoms with Crippen molar-refractivity contribution in [2.75, 3.05) is 6.61 Å². The Labute approximate surface area is 88.4 Å². The van der Waals surface area contributed by atoms with Gasteiger partial charge in [-0.15, -0.1) is 0 Å². The monoisotopic (exact) mass is 209 g/mol. The number of hydrogen-bond acceptors (Lipinski definition) is 4. The lowest BCUT2D eigenvalue weighted by Gasteiger charge is -2.21. The number of aryl methyl sites for hydroxylation is 1. The van der Waals surface area contributed by atoms with E-state index in [4.69, 9.17) is 4.74 Å². The third kappa shape index (κ3) is 2.41. The number of carbonyl (C=O) groups is 1. The van der Waals surface area contributed by atoms with E-state index in [2.05, 4.69) is 10.1 Å². The summed E-state index contributed by atoms with van der Waals surface area (Å²) < 4.78 is 7.01. The van der Waals surface area contributed by atoms with Gasteiger partial charge in [0.05, 0.1) is 6.10 Å². The van der Waals surface area contributed by atoms with Gasteiger partial charge in [0.25, 0.3) is 0 Å². The van der Waals surface area contributed by atoms with E-state index < -0.39 is 0 Å². The van der Waals surface area contributed by atoms with Crippen LogP contribution in [0.15, 0.2) is 6.33 Å². The van der Waals surface area contributed by atoms with Crippen molar-refractivity contribution in [3.05, 3.63) is 12.2 Å². The second-order valence-corrected chi connectivity index (χ2v) is 3.82. The predicted molar refractivity (Wildman–Crippen MR) is 53.5 cm³/mol. The number of carbonyl (C=O) groups excluding carboxylic acids is 1. The summed E-state index contributed by atoms with van der Waals surface area (Å²) in [6.07, 6.45) is 5.12. The standard InChI is InChI=1S/C10H15N3O2/c1-13-10(11-7-12-13)9(14)6-8-4-2-3-5-15-8/h7-8H,2-6H2,1H3. The molecule has 82 valence electrons. The molecule has 0 aromatic carbocycles. The number of ketones is 1. The quantitative estimate of drug-likeness (QED) is 0.696. The molecule has 0 N–H and O–H groups in total. The summed E-state index contributed by atoms with van der Waals surface area (Å²) in [6, 6.07) is 0. The fourth-order valence-corrected chi connectivity index (χ4v) is 1.82. The lowest BCUT2D eigenvalue weighted by atomic mass is 10.0. The zero-order valence-corrected chi connectivity index (χ0v) is 8.85. The Morgan fingerprint density at radius 3 is 3.13 bits per heavy atom. The predicted octanol–water partition coefficient (Wildman–Crippen LogP) is 0.957. The van der Waals surface area contributed by atoms with Gasteiger partial charge in [0.15, 0.2) is 5.82 Å². The van der Waals surface area contributed by atoms with Crippen molar-refractivity contribution in [1.82, 2.24) is 14.8 Å². The summed E-state index contributed by atoms with van der Waals surface area (Å²) in [5, 5.41) is 3.87. The Morgan fingerprint density at radius 2 is 2.53 bits per heavy atom. The van der Waals surface area contributed by atoms with E-state index in [1.165, 1.54) is 11.0 Å². The minimum Gasteiger partial charge on any atom is -0.378 e. The summed E-state index contributed by atoms with van der Waals surface area (Å²) in [5.74, 6) is 0.436. The molecule has 0 amide bonds. The van der Waals surface area contributed by atoms with Gasteiger partial charge in [-0.25, -0.2) is 9.67 Å². The SMILES string of the molecule is Cn1ncnc1C(=O)CC1CCCCO1. The number of aromatic nitrogens is 3. The van der Waals surface area contributed by atoms with Crippen LogP contribution in [0, 0.1) is 0 Å². The summed E-state index contributed by atoms with van der Waals surface area (Å²) in [4.78, 5) is 15.7. The number of rotatable bonds is 3. The largest absolute Gasteiger partial charge is 0.378 e. The zero-order valence-electron chi connectivity index (χ0n) is 8.85.